The number of benzene rings is 1. The highest BCUT2D eigenvalue weighted by Crippen LogP contribution is 2.26. The second-order valence-corrected chi connectivity index (χ2v) is 3.17. The third-order valence-corrected chi connectivity index (χ3v) is 2.16. The monoisotopic (exact) mass is 224 g/mol. The number of fused-ring (bicyclic) bond motifs is 1. The molecule has 0 atom stereocenters. The highest BCUT2D eigenvalue weighted by Gasteiger charge is 2.15. The van der Waals surface area contributed by atoms with E-state index in [1.165, 1.54) is 0 Å². The molecule has 2 aromatic rings. The Balaban J connectivity index is 2.89. The molecule has 0 aliphatic heterocycles. The van der Waals surface area contributed by atoms with E-state index < -0.39 is 17.6 Å². The van der Waals surface area contributed by atoms with Gasteiger partial charge in [0.05, 0.1) is 16.6 Å². The lowest BCUT2D eigenvalue weighted by Crippen LogP contribution is -2.05. The molecule has 0 saturated carbocycles. The number of carboxylic acids is 1. The minimum Gasteiger partial charge on any atom is -0.478 e. The van der Waals surface area contributed by atoms with Crippen molar-refractivity contribution in [2.24, 2.45) is 0 Å². The molecular weight excluding hydrogens is 218 g/mol. The summed E-state index contributed by atoms with van der Waals surface area (Å²) in [6.07, 6.45) is 0.971. The number of hydrogen-bond acceptors (Lipinski definition) is 3. The van der Waals surface area contributed by atoms with Crippen LogP contribution in [0.2, 0.25) is 0 Å². The number of pyridine rings is 1. The lowest BCUT2D eigenvalue weighted by atomic mass is 10.1. The number of carboxylic acid groups (broad SMARTS) is 1. The number of anilines is 1. The molecule has 2 rings (SSSR count). The third-order valence-electron chi connectivity index (χ3n) is 2.16. The van der Waals surface area contributed by atoms with Crippen LogP contribution >= 0.6 is 0 Å². The molecule has 82 valence electrons. The van der Waals surface area contributed by atoms with Crippen molar-refractivity contribution < 1.29 is 18.7 Å². The number of aromatic nitrogens is 1. The number of rotatable bonds is 1. The van der Waals surface area contributed by atoms with E-state index >= 15 is 0 Å². The van der Waals surface area contributed by atoms with Gasteiger partial charge in [-0.15, -0.1) is 0 Å². The van der Waals surface area contributed by atoms with Gasteiger partial charge in [-0.2, -0.15) is 0 Å². The highest BCUT2D eigenvalue weighted by atomic mass is 19.1. The van der Waals surface area contributed by atoms with Gasteiger partial charge in [-0.1, -0.05) is 0 Å². The first-order valence-electron chi connectivity index (χ1n) is 4.27. The van der Waals surface area contributed by atoms with Crippen LogP contribution in [0.3, 0.4) is 0 Å². The summed E-state index contributed by atoms with van der Waals surface area (Å²) in [6, 6.07) is 1.62. The van der Waals surface area contributed by atoms with E-state index in [2.05, 4.69) is 4.98 Å². The minimum absolute atomic E-state index is 0.0139. The molecule has 0 fully saturated rings. The quantitative estimate of drug-likeness (QED) is 0.774. The largest absolute Gasteiger partial charge is 0.478 e. The first-order valence-corrected chi connectivity index (χ1v) is 4.27. The second kappa shape index (κ2) is 3.41. The molecule has 0 amide bonds. The fraction of sp³-hybridized carbons (Fsp3) is 0. The summed E-state index contributed by atoms with van der Waals surface area (Å²) in [5.41, 5.74) is 4.91. The summed E-state index contributed by atoms with van der Waals surface area (Å²) >= 11 is 0. The molecule has 3 N–H and O–H groups in total. The Labute approximate surface area is 88.3 Å². The number of halogens is 2. The molecule has 0 bridgehead atoms. The molecular formula is C10H6F2N2O2. The zero-order valence-corrected chi connectivity index (χ0v) is 7.87. The summed E-state index contributed by atoms with van der Waals surface area (Å²) in [6.45, 7) is 0. The molecule has 0 saturated heterocycles. The van der Waals surface area contributed by atoms with Gasteiger partial charge in [0.15, 0.2) is 0 Å². The lowest BCUT2D eigenvalue weighted by Gasteiger charge is -2.05. The van der Waals surface area contributed by atoms with E-state index in [9.17, 15) is 13.6 Å². The number of hydrogen-bond donors (Lipinski definition) is 2. The number of nitrogens with two attached hydrogens (primary N) is 1. The van der Waals surface area contributed by atoms with E-state index in [1.54, 1.807) is 0 Å². The van der Waals surface area contributed by atoms with Crippen LogP contribution in [0.4, 0.5) is 14.5 Å². The van der Waals surface area contributed by atoms with Gasteiger partial charge in [0.25, 0.3) is 0 Å². The molecule has 0 aliphatic rings. The predicted octanol–water partition coefficient (Wildman–Crippen LogP) is 1.79. The van der Waals surface area contributed by atoms with Crippen molar-refractivity contribution in [3.05, 3.63) is 35.5 Å². The molecule has 0 radical (unpaired) electrons. The second-order valence-electron chi connectivity index (χ2n) is 3.17. The molecule has 0 spiro atoms. The fourth-order valence-electron chi connectivity index (χ4n) is 1.44. The summed E-state index contributed by atoms with van der Waals surface area (Å²) < 4.78 is 26.2. The van der Waals surface area contributed by atoms with Crippen LogP contribution in [0, 0.1) is 11.6 Å². The van der Waals surface area contributed by atoms with Gasteiger partial charge < -0.3 is 10.8 Å². The van der Waals surface area contributed by atoms with Crippen LogP contribution in [-0.2, 0) is 0 Å². The van der Waals surface area contributed by atoms with Gasteiger partial charge in [-0.3, -0.25) is 4.98 Å². The van der Waals surface area contributed by atoms with Gasteiger partial charge in [-0.25, -0.2) is 13.6 Å². The predicted molar refractivity (Wildman–Crippen MR) is 53.0 cm³/mol. The number of nitrogen functional groups attached to an aromatic ring is 1. The molecule has 0 unspecified atom stereocenters. The summed E-state index contributed by atoms with van der Waals surface area (Å²) in [7, 11) is 0. The standard InChI is InChI=1S/C10H6F2N2O2/c11-4-1-6(12)8-7(2-4)14-3-5(9(8)13)10(15)16/h1-3H,(H2,13,14)(H,15,16). The number of aromatic carboxylic acids is 1. The average Bonchev–Trinajstić information content (AvgIpc) is 2.15. The maximum Gasteiger partial charge on any atom is 0.339 e. The molecule has 0 aliphatic carbocycles. The van der Waals surface area contributed by atoms with Crippen LogP contribution in [0.1, 0.15) is 10.4 Å². The van der Waals surface area contributed by atoms with Crippen LogP contribution < -0.4 is 5.73 Å². The summed E-state index contributed by atoms with van der Waals surface area (Å²) in [4.78, 5) is 14.4. The topological polar surface area (TPSA) is 76.2 Å². The van der Waals surface area contributed by atoms with Crippen LogP contribution in [0.5, 0.6) is 0 Å². The van der Waals surface area contributed by atoms with Crippen LogP contribution in [0.15, 0.2) is 18.3 Å². The zero-order chi connectivity index (χ0) is 11.9. The molecule has 4 nitrogen and oxygen atoms in total. The van der Waals surface area contributed by atoms with Crippen molar-refractivity contribution in [1.29, 1.82) is 0 Å². The first kappa shape index (κ1) is 10.3. The average molecular weight is 224 g/mol. The molecule has 1 aromatic heterocycles. The van der Waals surface area contributed by atoms with E-state index in [1.807, 2.05) is 0 Å². The third kappa shape index (κ3) is 1.44. The fourth-order valence-corrected chi connectivity index (χ4v) is 1.44. The van der Waals surface area contributed by atoms with Crippen molar-refractivity contribution in [3.63, 3.8) is 0 Å². The smallest absolute Gasteiger partial charge is 0.339 e. The first-order chi connectivity index (χ1) is 7.50. The van der Waals surface area contributed by atoms with Crippen molar-refractivity contribution in [2.45, 2.75) is 0 Å². The number of carbonyl (C=O) groups is 1. The van der Waals surface area contributed by atoms with Crippen LogP contribution in [0.25, 0.3) is 10.9 Å². The van der Waals surface area contributed by atoms with Gasteiger partial charge in [0.2, 0.25) is 0 Å². The molecule has 16 heavy (non-hydrogen) atoms. The summed E-state index contributed by atoms with van der Waals surface area (Å²) in [5, 5.41) is 8.57. The van der Waals surface area contributed by atoms with Crippen molar-refractivity contribution in [1.82, 2.24) is 4.98 Å². The van der Waals surface area contributed by atoms with Crippen molar-refractivity contribution >= 4 is 22.6 Å². The van der Waals surface area contributed by atoms with Crippen molar-refractivity contribution in [3.8, 4) is 0 Å². The van der Waals surface area contributed by atoms with Gasteiger partial charge in [0.1, 0.15) is 17.2 Å². The van der Waals surface area contributed by atoms with Gasteiger partial charge >= 0.3 is 5.97 Å². The minimum atomic E-state index is -1.31. The molecule has 1 heterocycles. The van der Waals surface area contributed by atoms with Gasteiger partial charge in [0, 0.05) is 18.3 Å². The maximum absolute atomic E-state index is 13.4. The lowest BCUT2D eigenvalue weighted by molar-refractivity contribution is 0.0698. The Kier molecular flexibility index (Phi) is 2.19. The van der Waals surface area contributed by atoms with Crippen molar-refractivity contribution in [2.75, 3.05) is 5.73 Å². The Hall–Kier alpha value is -2.24. The van der Waals surface area contributed by atoms with E-state index in [4.69, 9.17) is 10.8 Å². The van der Waals surface area contributed by atoms with Crippen LogP contribution in [-0.4, -0.2) is 16.1 Å². The zero-order valence-electron chi connectivity index (χ0n) is 7.87. The Morgan fingerprint density at radius 2 is 2.06 bits per heavy atom. The van der Waals surface area contributed by atoms with Gasteiger partial charge in [-0.05, 0) is 0 Å². The number of nitrogens with zero attached hydrogens (tertiary/aromatic N) is 1. The Morgan fingerprint density at radius 3 is 2.69 bits per heavy atom. The SMILES string of the molecule is Nc1c(C(=O)O)cnc2cc(F)cc(F)c12. The normalized spacial score (nSPS) is 10.6. The molecule has 6 heteroatoms. The summed E-state index contributed by atoms with van der Waals surface area (Å²) in [5.74, 6) is -3.03. The van der Waals surface area contributed by atoms with E-state index in [0.717, 1.165) is 12.3 Å². The van der Waals surface area contributed by atoms with E-state index in [-0.39, 0.29) is 22.2 Å². The highest BCUT2D eigenvalue weighted by molar-refractivity contribution is 6.03. The Bertz CT molecular complexity index is 599. The van der Waals surface area contributed by atoms with E-state index in [0.29, 0.717) is 6.07 Å². The maximum atomic E-state index is 13.4. The Morgan fingerprint density at radius 1 is 1.38 bits per heavy atom. The molecule has 1 aromatic carbocycles.